The Balaban J connectivity index is 2.62. The summed E-state index contributed by atoms with van der Waals surface area (Å²) in [4.78, 5) is 4.34. The van der Waals surface area contributed by atoms with Crippen LogP contribution >= 0.6 is 11.6 Å². The predicted octanol–water partition coefficient (Wildman–Crippen LogP) is 3.16. The SMILES string of the molecule is CCOc1cccc(NC(C)C(C)CCl)n1. The van der Waals surface area contributed by atoms with Crippen molar-refractivity contribution in [2.45, 2.75) is 26.8 Å². The maximum atomic E-state index is 5.81. The van der Waals surface area contributed by atoms with Crippen LogP contribution in [0, 0.1) is 5.92 Å². The maximum absolute atomic E-state index is 5.81. The van der Waals surface area contributed by atoms with Crippen LogP contribution in [0.4, 0.5) is 5.82 Å². The third-order valence-electron chi connectivity index (χ3n) is 2.49. The standard InChI is InChI=1S/C12H19ClN2O/c1-4-16-12-7-5-6-11(15-12)14-10(3)9(2)8-13/h5-7,9-10H,4,8H2,1-3H3,(H,14,15). The molecule has 0 radical (unpaired) electrons. The van der Waals surface area contributed by atoms with Crippen LogP contribution in [-0.4, -0.2) is 23.5 Å². The molecule has 0 aliphatic rings. The zero-order valence-electron chi connectivity index (χ0n) is 10.0. The molecule has 1 aromatic rings. The number of anilines is 1. The molecule has 1 N–H and O–H groups in total. The number of hydrogen-bond donors (Lipinski definition) is 1. The molecule has 90 valence electrons. The quantitative estimate of drug-likeness (QED) is 0.779. The molecular formula is C12H19ClN2O. The van der Waals surface area contributed by atoms with Crippen LogP contribution in [0.2, 0.25) is 0 Å². The lowest BCUT2D eigenvalue weighted by Gasteiger charge is -2.19. The van der Waals surface area contributed by atoms with Crippen molar-refractivity contribution in [3.05, 3.63) is 18.2 Å². The number of nitrogens with one attached hydrogen (secondary N) is 1. The van der Waals surface area contributed by atoms with E-state index in [1.165, 1.54) is 0 Å². The summed E-state index contributed by atoms with van der Waals surface area (Å²) in [6.45, 7) is 6.78. The Kier molecular flexibility index (Phi) is 5.39. The van der Waals surface area contributed by atoms with E-state index in [0.717, 1.165) is 5.82 Å². The Labute approximate surface area is 102 Å². The summed E-state index contributed by atoms with van der Waals surface area (Å²) >= 11 is 5.81. The van der Waals surface area contributed by atoms with Gasteiger partial charge in [-0.15, -0.1) is 11.6 Å². The zero-order valence-corrected chi connectivity index (χ0v) is 10.8. The molecule has 0 saturated heterocycles. The van der Waals surface area contributed by atoms with Gasteiger partial charge >= 0.3 is 0 Å². The van der Waals surface area contributed by atoms with E-state index in [2.05, 4.69) is 24.1 Å². The highest BCUT2D eigenvalue weighted by molar-refractivity contribution is 6.18. The lowest BCUT2D eigenvalue weighted by atomic mass is 10.1. The van der Waals surface area contributed by atoms with Crippen LogP contribution in [0.25, 0.3) is 0 Å². The van der Waals surface area contributed by atoms with Gasteiger partial charge in [-0.25, -0.2) is 0 Å². The van der Waals surface area contributed by atoms with Crippen LogP contribution in [0.5, 0.6) is 5.88 Å². The van der Waals surface area contributed by atoms with Crippen molar-refractivity contribution in [2.75, 3.05) is 17.8 Å². The molecule has 1 aromatic heterocycles. The summed E-state index contributed by atoms with van der Waals surface area (Å²) < 4.78 is 5.34. The summed E-state index contributed by atoms with van der Waals surface area (Å²) in [6.07, 6.45) is 0. The summed E-state index contributed by atoms with van der Waals surface area (Å²) in [5.41, 5.74) is 0. The number of hydrogen-bond acceptors (Lipinski definition) is 3. The predicted molar refractivity (Wildman–Crippen MR) is 68.4 cm³/mol. The second-order valence-electron chi connectivity index (χ2n) is 3.86. The fourth-order valence-corrected chi connectivity index (χ4v) is 1.50. The van der Waals surface area contributed by atoms with E-state index in [1.807, 2.05) is 25.1 Å². The molecule has 2 unspecified atom stereocenters. The van der Waals surface area contributed by atoms with Crippen LogP contribution in [0.15, 0.2) is 18.2 Å². The van der Waals surface area contributed by atoms with Crippen molar-refractivity contribution < 1.29 is 4.74 Å². The van der Waals surface area contributed by atoms with Gasteiger partial charge < -0.3 is 10.1 Å². The Morgan fingerprint density at radius 3 is 2.81 bits per heavy atom. The van der Waals surface area contributed by atoms with Crippen molar-refractivity contribution in [3.8, 4) is 5.88 Å². The fourth-order valence-electron chi connectivity index (χ4n) is 1.23. The molecule has 4 heteroatoms. The van der Waals surface area contributed by atoms with Crippen LogP contribution in [-0.2, 0) is 0 Å². The Hall–Kier alpha value is -0.960. The van der Waals surface area contributed by atoms with Gasteiger partial charge in [0.15, 0.2) is 0 Å². The first-order valence-electron chi connectivity index (χ1n) is 5.59. The second kappa shape index (κ2) is 6.59. The molecule has 16 heavy (non-hydrogen) atoms. The first-order valence-corrected chi connectivity index (χ1v) is 6.13. The third kappa shape index (κ3) is 3.89. The molecule has 1 rings (SSSR count). The molecular weight excluding hydrogens is 224 g/mol. The van der Waals surface area contributed by atoms with Crippen molar-refractivity contribution >= 4 is 17.4 Å². The molecule has 0 fully saturated rings. The summed E-state index contributed by atoms with van der Waals surface area (Å²) in [5, 5.41) is 3.32. The number of rotatable bonds is 6. The Bertz CT molecular complexity index is 320. The third-order valence-corrected chi connectivity index (χ3v) is 2.98. The Morgan fingerprint density at radius 2 is 2.19 bits per heavy atom. The van der Waals surface area contributed by atoms with Gasteiger partial charge in [0.2, 0.25) is 5.88 Å². The Morgan fingerprint density at radius 1 is 1.44 bits per heavy atom. The molecule has 0 aliphatic heterocycles. The molecule has 0 spiro atoms. The van der Waals surface area contributed by atoms with Gasteiger partial charge in [0.05, 0.1) is 6.61 Å². The number of alkyl halides is 1. The van der Waals surface area contributed by atoms with Gasteiger partial charge in [-0.3, -0.25) is 0 Å². The molecule has 3 nitrogen and oxygen atoms in total. The highest BCUT2D eigenvalue weighted by atomic mass is 35.5. The zero-order chi connectivity index (χ0) is 12.0. The normalized spacial score (nSPS) is 14.2. The van der Waals surface area contributed by atoms with Crippen molar-refractivity contribution in [1.82, 2.24) is 4.98 Å². The number of halogens is 1. The maximum Gasteiger partial charge on any atom is 0.215 e. The van der Waals surface area contributed by atoms with Crippen molar-refractivity contribution in [2.24, 2.45) is 5.92 Å². The smallest absolute Gasteiger partial charge is 0.215 e. The van der Waals surface area contributed by atoms with E-state index in [0.29, 0.717) is 30.3 Å². The van der Waals surface area contributed by atoms with Crippen molar-refractivity contribution in [3.63, 3.8) is 0 Å². The molecule has 1 heterocycles. The van der Waals surface area contributed by atoms with E-state index in [1.54, 1.807) is 0 Å². The minimum absolute atomic E-state index is 0.293. The van der Waals surface area contributed by atoms with E-state index in [4.69, 9.17) is 16.3 Å². The average molecular weight is 243 g/mol. The number of aromatic nitrogens is 1. The molecule has 0 aromatic carbocycles. The van der Waals surface area contributed by atoms with Gasteiger partial charge in [0, 0.05) is 18.0 Å². The van der Waals surface area contributed by atoms with Gasteiger partial charge in [-0.05, 0) is 25.8 Å². The van der Waals surface area contributed by atoms with Crippen LogP contribution in [0.3, 0.4) is 0 Å². The molecule has 0 aliphatic carbocycles. The summed E-state index contributed by atoms with van der Waals surface area (Å²) in [6, 6.07) is 6.00. The first kappa shape index (κ1) is 13.1. The molecule has 0 saturated carbocycles. The van der Waals surface area contributed by atoms with Gasteiger partial charge in [-0.2, -0.15) is 4.98 Å². The molecule has 2 atom stereocenters. The fraction of sp³-hybridized carbons (Fsp3) is 0.583. The number of pyridine rings is 1. The van der Waals surface area contributed by atoms with Crippen LogP contribution < -0.4 is 10.1 Å². The van der Waals surface area contributed by atoms with Gasteiger partial charge in [-0.1, -0.05) is 13.0 Å². The van der Waals surface area contributed by atoms with E-state index in [9.17, 15) is 0 Å². The van der Waals surface area contributed by atoms with E-state index in [-0.39, 0.29) is 0 Å². The van der Waals surface area contributed by atoms with Gasteiger partial charge in [0.1, 0.15) is 5.82 Å². The second-order valence-corrected chi connectivity index (χ2v) is 4.17. The van der Waals surface area contributed by atoms with E-state index >= 15 is 0 Å². The number of nitrogens with zero attached hydrogens (tertiary/aromatic N) is 1. The largest absolute Gasteiger partial charge is 0.478 e. The average Bonchev–Trinajstić information content (AvgIpc) is 2.29. The lowest BCUT2D eigenvalue weighted by molar-refractivity contribution is 0.327. The number of ether oxygens (including phenoxy) is 1. The minimum atomic E-state index is 0.293. The lowest BCUT2D eigenvalue weighted by Crippen LogP contribution is -2.25. The topological polar surface area (TPSA) is 34.1 Å². The van der Waals surface area contributed by atoms with Gasteiger partial charge in [0.25, 0.3) is 0 Å². The minimum Gasteiger partial charge on any atom is -0.478 e. The summed E-state index contributed by atoms with van der Waals surface area (Å²) in [7, 11) is 0. The monoisotopic (exact) mass is 242 g/mol. The van der Waals surface area contributed by atoms with E-state index < -0.39 is 0 Å². The first-order chi connectivity index (χ1) is 7.67. The highest BCUT2D eigenvalue weighted by Gasteiger charge is 2.11. The molecule has 0 bridgehead atoms. The molecule has 0 amide bonds. The van der Waals surface area contributed by atoms with Crippen LogP contribution in [0.1, 0.15) is 20.8 Å². The highest BCUT2D eigenvalue weighted by Crippen LogP contribution is 2.15. The summed E-state index contributed by atoms with van der Waals surface area (Å²) in [5.74, 6) is 2.52. The van der Waals surface area contributed by atoms with Crippen molar-refractivity contribution in [1.29, 1.82) is 0 Å².